The minimum atomic E-state index is -0.654. The molecule has 0 aliphatic carbocycles. The average molecular weight is 354 g/mol. The van der Waals surface area contributed by atoms with Crippen LogP contribution < -0.4 is 5.56 Å². The number of hydrogen-bond acceptors (Lipinski definition) is 3. The van der Waals surface area contributed by atoms with Crippen LogP contribution >= 0.6 is 11.6 Å². The van der Waals surface area contributed by atoms with Crippen LogP contribution in [0.15, 0.2) is 65.5 Å². The minimum Gasteiger partial charge on any atom is -0.462 e. The van der Waals surface area contributed by atoms with Gasteiger partial charge in [0.1, 0.15) is 5.56 Å². The summed E-state index contributed by atoms with van der Waals surface area (Å²) in [5.41, 5.74) is 2.12. The molecular formula is C20H16ClNO3. The van der Waals surface area contributed by atoms with Gasteiger partial charge in [-0.25, -0.2) is 4.79 Å². The summed E-state index contributed by atoms with van der Waals surface area (Å²) in [7, 11) is 0. The molecular weight excluding hydrogens is 338 g/mol. The van der Waals surface area contributed by atoms with Gasteiger partial charge < -0.3 is 9.72 Å². The fraction of sp³-hybridized carbons (Fsp3) is 0.100. The summed E-state index contributed by atoms with van der Waals surface area (Å²) in [6.45, 7) is 1.89. The Kier molecular flexibility index (Phi) is 5.00. The number of aromatic amines is 1. The van der Waals surface area contributed by atoms with Gasteiger partial charge in [0.05, 0.1) is 6.61 Å². The highest BCUT2D eigenvalue weighted by Crippen LogP contribution is 2.28. The summed E-state index contributed by atoms with van der Waals surface area (Å²) in [5, 5.41) is 0.522. The summed E-state index contributed by atoms with van der Waals surface area (Å²) < 4.78 is 5.05. The third-order valence-corrected chi connectivity index (χ3v) is 3.97. The minimum absolute atomic E-state index is 0.0243. The molecule has 1 heterocycles. The van der Waals surface area contributed by atoms with E-state index >= 15 is 0 Å². The smallest absolute Gasteiger partial charge is 0.344 e. The summed E-state index contributed by atoms with van der Waals surface area (Å²) in [6.07, 6.45) is 0. The Morgan fingerprint density at radius 3 is 2.44 bits per heavy atom. The molecule has 1 N–H and O–H groups in total. The van der Waals surface area contributed by atoms with Crippen molar-refractivity contribution in [1.82, 2.24) is 4.98 Å². The van der Waals surface area contributed by atoms with E-state index in [0.29, 0.717) is 21.8 Å². The zero-order valence-corrected chi connectivity index (χ0v) is 14.3. The van der Waals surface area contributed by atoms with Crippen LogP contribution in [0.2, 0.25) is 5.02 Å². The third kappa shape index (κ3) is 3.64. The number of hydrogen-bond donors (Lipinski definition) is 1. The lowest BCUT2D eigenvalue weighted by Crippen LogP contribution is -2.21. The Hall–Kier alpha value is -2.85. The number of carbonyl (C=O) groups excluding carboxylic acids is 1. The first-order valence-electron chi connectivity index (χ1n) is 7.86. The highest BCUT2D eigenvalue weighted by atomic mass is 35.5. The second-order valence-electron chi connectivity index (χ2n) is 5.40. The fourth-order valence-corrected chi connectivity index (χ4v) is 2.81. The lowest BCUT2D eigenvalue weighted by atomic mass is 9.98. The molecule has 0 unspecified atom stereocenters. The first kappa shape index (κ1) is 17.0. The number of esters is 1. The molecule has 0 aliphatic heterocycles. The second kappa shape index (κ2) is 7.36. The van der Waals surface area contributed by atoms with Crippen molar-refractivity contribution in [2.24, 2.45) is 0 Å². The molecule has 0 aliphatic rings. The Labute approximate surface area is 150 Å². The van der Waals surface area contributed by atoms with Crippen LogP contribution in [0.5, 0.6) is 0 Å². The molecule has 0 amide bonds. The van der Waals surface area contributed by atoms with E-state index in [1.807, 2.05) is 30.3 Å². The largest absolute Gasteiger partial charge is 0.462 e. The number of benzene rings is 2. The van der Waals surface area contributed by atoms with E-state index in [0.717, 1.165) is 5.56 Å². The predicted octanol–water partition coefficient (Wildman–Crippen LogP) is 4.54. The number of pyridine rings is 1. The number of aromatic nitrogens is 1. The molecule has 5 heteroatoms. The van der Waals surface area contributed by atoms with E-state index in [9.17, 15) is 9.59 Å². The standard InChI is InChI=1S/C20H16ClNO3/c1-2-25-20(24)18-16(14-9-6-10-15(21)11-14)12-17(22-19(18)23)13-7-4-3-5-8-13/h3-12H,2H2,1H3,(H,22,23). The number of ether oxygens (including phenoxy) is 1. The van der Waals surface area contributed by atoms with Crippen LogP contribution in [0.25, 0.3) is 22.4 Å². The molecule has 126 valence electrons. The van der Waals surface area contributed by atoms with Gasteiger partial charge in [0.15, 0.2) is 0 Å². The lowest BCUT2D eigenvalue weighted by molar-refractivity contribution is 0.0525. The number of halogens is 1. The molecule has 0 saturated carbocycles. The molecule has 0 atom stereocenters. The first-order chi connectivity index (χ1) is 12.1. The van der Waals surface area contributed by atoms with E-state index in [4.69, 9.17) is 16.3 Å². The topological polar surface area (TPSA) is 59.2 Å². The van der Waals surface area contributed by atoms with Crippen LogP contribution in [0, 0.1) is 0 Å². The maximum absolute atomic E-state index is 12.6. The molecule has 0 bridgehead atoms. The molecule has 0 saturated heterocycles. The molecule has 2 aromatic carbocycles. The van der Waals surface area contributed by atoms with Gasteiger partial charge in [-0.15, -0.1) is 0 Å². The van der Waals surface area contributed by atoms with Gasteiger partial charge >= 0.3 is 5.97 Å². The Bertz CT molecular complexity index is 964. The van der Waals surface area contributed by atoms with Gasteiger partial charge in [-0.1, -0.05) is 54.1 Å². The molecule has 0 fully saturated rings. The fourth-order valence-electron chi connectivity index (χ4n) is 2.62. The Morgan fingerprint density at radius 1 is 1.04 bits per heavy atom. The summed E-state index contributed by atoms with van der Waals surface area (Å²) in [5.74, 6) is -0.654. The highest BCUT2D eigenvalue weighted by molar-refractivity contribution is 6.30. The monoisotopic (exact) mass is 353 g/mol. The molecule has 4 nitrogen and oxygen atoms in total. The molecule has 0 radical (unpaired) electrons. The van der Waals surface area contributed by atoms with Crippen LogP contribution in [0.1, 0.15) is 17.3 Å². The van der Waals surface area contributed by atoms with E-state index in [1.165, 1.54) is 0 Å². The predicted molar refractivity (Wildman–Crippen MR) is 98.9 cm³/mol. The van der Waals surface area contributed by atoms with E-state index in [1.54, 1.807) is 37.3 Å². The van der Waals surface area contributed by atoms with Gasteiger partial charge in [-0.05, 0) is 36.2 Å². The molecule has 0 spiro atoms. The van der Waals surface area contributed by atoms with Crippen molar-refractivity contribution in [3.05, 3.63) is 81.6 Å². The van der Waals surface area contributed by atoms with Crippen LogP contribution in [-0.2, 0) is 4.74 Å². The van der Waals surface area contributed by atoms with Crippen molar-refractivity contribution < 1.29 is 9.53 Å². The van der Waals surface area contributed by atoms with Crippen LogP contribution in [0.4, 0.5) is 0 Å². The Morgan fingerprint density at radius 2 is 1.76 bits per heavy atom. The summed E-state index contributed by atoms with van der Waals surface area (Å²) in [6, 6.07) is 18.2. The quantitative estimate of drug-likeness (QED) is 0.700. The zero-order chi connectivity index (χ0) is 17.8. The van der Waals surface area contributed by atoms with E-state index in [-0.39, 0.29) is 12.2 Å². The lowest BCUT2D eigenvalue weighted by Gasteiger charge is -2.11. The highest BCUT2D eigenvalue weighted by Gasteiger charge is 2.20. The zero-order valence-electron chi connectivity index (χ0n) is 13.6. The van der Waals surface area contributed by atoms with Crippen molar-refractivity contribution in [2.45, 2.75) is 6.92 Å². The number of nitrogens with one attached hydrogen (secondary N) is 1. The first-order valence-corrected chi connectivity index (χ1v) is 8.23. The third-order valence-electron chi connectivity index (χ3n) is 3.73. The molecule has 1 aromatic heterocycles. The van der Waals surface area contributed by atoms with Crippen molar-refractivity contribution >= 4 is 17.6 Å². The van der Waals surface area contributed by atoms with Gasteiger partial charge in [0.2, 0.25) is 0 Å². The number of carbonyl (C=O) groups is 1. The normalized spacial score (nSPS) is 10.5. The van der Waals surface area contributed by atoms with Crippen molar-refractivity contribution in [3.63, 3.8) is 0 Å². The van der Waals surface area contributed by atoms with E-state index in [2.05, 4.69) is 4.98 Å². The molecule has 25 heavy (non-hydrogen) atoms. The SMILES string of the molecule is CCOC(=O)c1c(-c2cccc(Cl)c2)cc(-c2ccccc2)[nH]c1=O. The van der Waals surface area contributed by atoms with Gasteiger partial charge in [-0.2, -0.15) is 0 Å². The summed E-state index contributed by atoms with van der Waals surface area (Å²) in [4.78, 5) is 27.7. The summed E-state index contributed by atoms with van der Waals surface area (Å²) >= 11 is 6.08. The van der Waals surface area contributed by atoms with Crippen molar-refractivity contribution in [2.75, 3.05) is 6.61 Å². The van der Waals surface area contributed by atoms with Gasteiger partial charge in [-0.3, -0.25) is 4.79 Å². The van der Waals surface area contributed by atoms with Gasteiger partial charge in [0.25, 0.3) is 5.56 Å². The maximum Gasteiger partial charge on any atom is 0.344 e. The number of H-pyrrole nitrogens is 1. The average Bonchev–Trinajstić information content (AvgIpc) is 2.62. The van der Waals surface area contributed by atoms with Crippen molar-refractivity contribution in [1.29, 1.82) is 0 Å². The maximum atomic E-state index is 12.6. The van der Waals surface area contributed by atoms with Crippen molar-refractivity contribution in [3.8, 4) is 22.4 Å². The molecule has 3 rings (SSSR count). The van der Waals surface area contributed by atoms with Crippen LogP contribution in [0.3, 0.4) is 0 Å². The second-order valence-corrected chi connectivity index (χ2v) is 5.83. The van der Waals surface area contributed by atoms with Crippen LogP contribution in [-0.4, -0.2) is 17.6 Å². The number of rotatable bonds is 4. The molecule has 3 aromatic rings. The van der Waals surface area contributed by atoms with Gasteiger partial charge in [0, 0.05) is 16.3 Å². The van der Waals surface area contributed by atoms with E-state index < -0.39 is 11.5 Å². The Balaban J connectivity index is 2.26.